The molecule has 1 fully saturated rings. The Morgan fingerprint density at radius 1 is 1.00 bits per heavy atom. The molecule has 1 atom stereocenters. The summed E-state index contributed by atoms with van der Waals surface area (Å²) >= 11 is 0. The minimum absolute atomic E-state index is 0.238. The highest BCUT2D eigenvalue weighted by Crippen LogP contribution is 2.20. The van der Waals surface area contributed by atoms with Crippen molar-refractivity contribution in [3.63, 3.8) is 0 Å². The van der Waals surface area contributed by atoms with Gasteiger partial charge in [-0.15, -0.1) is 0 Å². The van der Waals surface area contributed by atoms with Crippen LogP contribution in [0.3, 0.4) is 0 Å². The van der Waals surface area contributed by atoms with Crippen LogP contribution in [0.5, 0.6) is 0 Å². The standard InChI is InChI=1S/C16H13N3O3/c20-14(10-5-2-1-3-6-10)17-12-8-4-7-11(9-12)13-15(21)19-16(22)18-13/h1-9,13H,(H,17,20)(H2,18,19,21,22). The van der Waals surface area contributed by atoms with Crippen LogP contribution < -0.4 is 16.0 Å². The molecule has 0 spiro atoms. The molecule has 1 aliphatic heterocycles. The summed E-state index contributed by atoms with van der Waals surface area (Å²) < 4.78 is 0. The molecule has 2 aromatic rings. The van der Waals surface area contributed by atoms with Crippen molar-refractivity contribution in [1.82, 2.24) is 10.6 Å². The fourth-order valence-electron chi connectivity index (χ4n) is 2.24. The largest absolute Gasteiger partial charge is 0.322 e. The summed E-state index contributed by atoms with van der Waals surface area (Å²) in [7, 11) is 0. The van der Waals surface area contributed by atoms with Crippen LogP contribution in [0.25, 0.3) is 0 Å². The van der Waals surface area contributed by atoms with Crippen LogP contribution in [0.15, 0.2) is 54.6 Å². The van der Waals surface area contributed by atoms with Crippen molar-refractivity contribution >= 4 is 23.5 Å². The van der Waals surface area contributed by atoms with Gasteiger partial charge in [0, 0.05) is 11.3 Å². The first-order valence-electron chi connectivity index (χ1n) is 6.71. The summed E-state index contributed by atoms with van der Waals surface area (Å²) in [6, 6.07) is 14.4. The van der Waals surface area contributed by atoms with Crippen LogP contribution in [-0.4, -0.2) is 17.8 Å². The molecule has 1 unspecified atom stereocenters. The molecule has 1 heterocycles. The Morgan fingerprint density at radius 2 is 1.77 bits per heavy atom. The molecule has 6 nitrogen and oxygen atoms in total. The number of carbonyl (C=O) groups is 3. The zero-order valence-electron chi connectivity index (χ0n) is 11.5. The Kier molecular flexibility index (Phi) is 3.57. The van der Waals surface area contributed by atoms with Crippen molar-refractivity contribution in [1.29, 1.82) is 0 Å². The van der Waals surface area contributed by atoms with Gasteiger partial charge >= 0.3 is 6.03 Å². The van der Waals surface area contributed by atoms with Crippen molar-refractivity contribution in [3.8, 4) is 0 Å². The predicted octanol–water partition coefficient (Wildman–Crippen LogP) is 1.82. The van der Waals surface area contributed by atoms with E-state index in [1.807, 2.05) is 6.07 Å². The maximum absolute atomic E-state index is 12.1. The number of carbonyl (C=O) groups excluding carboxylic acids is 3. The molecule has 0 radical (unpaired) electrons. The van der Waals surface area contributed by atoms with Crippen molar-refractivity contribution in [2.75, 3.05) is 5.32 Å². The highest BCUT2D eigenvalue weighted by molar-refractivity contribution is 6.05. The molecule has 0 saturated carbocycles. The second-order valence-electron chi connectivity index (χ2n) is 4.84. The normalized spacial score (nSPS) is 16.8. The zero-order chi connectivity index (χ0) is 15.5. The predicted molar refractivity (Wildman–Crippen MR) is 80.3 cm³/mol. The van der Waals surface area contributed by atoms with E-state index in [-0.39, 0.29) is 5.91 Å². The first kappa shape index (κ1) is 13.8. The van der Waals surface area contributed by atoms with E-state index >= 15 is 0 Å². The number of hydrogen-bond acceptors (Lipinski definition) is 3. The highest BCUT2D eigenvalue weighted by atomic mass is 16.2. The number of anilines is 1. The lowest BCUT2D eigenvalue weighted by atomic mass is 10.1. The molecule has 6 heteroatoms. The number of amides is 4. The number of imide groups is 1. The topological polar surface area (TPSA) is 87.3 Å². The lowest BCUT2D eigenvalue weighted by Crippen LogP contribution is -2.22. The third-order valence-electron chi connectivity index (χ3n) is 3.29. The van der Waals surface area contributed by atoms with Gasteiger partial charge < -0.3 is 10.6 Å². The van der Waals surface area contributed by atoms with Crippen LogP contribution in [-0.2, 0) is 4.79 Å². The van der Waals surface area contributed by atoms with E-state index in [1.54, 1.807) is 48.5 Å². The Morgan fingerprint density at radius 3 is 2.45 bits per heavy atom. The average molecular weight is 295 g/mol. The number of urea groups is 1. The van der Waals surface area contributed by atoms with Gasteiger partial charge in [0.1, 0.15) is 6.04 Å². The van der Waals surface area contributed by atoms with Gasteiger partial charge in [-0.1, -0.05) is 30.3 Å². The lowest BCUT2D eigenvalue weighted by molar-refractivity contribution is -0.120. The monoisotopic (exact) mass is 295 g/mol. The zero-order valence-corrected chi connectivity index (χ0v) is 11.5. The minimum atomic E-state index is -0.735. The molecule has 0 aliphatic carbocycles. The molecule has 0 bridgehead atoms. The van der Waals surface area contributed by atoms with E-state index in [2.05, 4.69) is 16.0 Å². The first-order valence-corrected chi connectivity index (χ1v) is 6.71. The van der Waals surface area contributed by atoms with Gasteiger partial charge in [0.25, 0.3) is 11.8 Å². The third kappa shape index (κ3) is 2.80. The molecule has 2 aromatic carbocycles. The van der Waals surface area contributed by atoms with Gasteiger partial charge in [-0.2, -0.15) is 0 Å². The SMILES string of the molecule is O=C1NC(=O)C(c2cccc(NC(=O)c3ccccc3)c2)N1. The Balaban J connectivity index is 1.79. The molecular weight excluding hydrogens is 282 g/mol. The minimum Gasteiger partial charge on any atom is -0.322 e. The fourth-order valence-corrected chi connectivity index (χ4v) is 2.24. The van der Waals surface area contributed by atoms with Gasteiger partial charge in [-0.3, -0.25) is 14.9 Å². The van der Waals surface area contributed by atoms with E-state index in [0.717, 1.165) is 0 Å². The first-order chi connectivity index (χ1) is 10.6. The van der Waals surface area contributed by atoms with Crippen LogP contribution >= 0.6 is 0 Å². The van der Waals surface area contributed by atoms with Crippen LogP contribution in [0.2, 0.25) is 0 Å². The van der Waals surface area contributed by atoms with E-state index in [9.17, 15) is 14.4 Å². The Hall–Kier alpha value is -3.15. The van der Waals surface area contributed by atoms with Crippen molar-refractivity contribution in [2.45, 2.75) is 6.04 Å². The molecule has 110 valence electrons. The number of hydrogen-bond donors (Lipinski definition) is 3. The molecule has 1 aliphatic rings. The van der Waals surface area contributed by atoms with E-state index in [1.165, 1.54) is 0 Å². The van der Waals surface area contributed by atoms with Gasteiger partial charge in [0.2, 0.25) is 0 Å². The second-order valence-corrected chi connectivity index (χ2v) is 4.84. The van der Waals surface area contributed by atoms with E-state index < -0.39 is 18.0 Å². The molecule has 3 rings (SSSR count). The molecular formula is C16H13N3O3. The van der Waals surface area contributed by atoms with Gasteiger partial charge in [0.15, 0.2) is 0 Å². The summed E-state index contributed by atoms with van der Waals surface area (Å²) in [4.78, 5) is 34.9. The van der Waals surface area contributed by atoms with Crippen LogP contribution in [0, 0.1) is 0 Å². The average Bonchev–Trinajstić information content (AvgIpc) is 2.87. The Bertz CT molecular complexity index is 743. The fraction of sp³-hybridized carbons (Fsp3) is 0.0625. The van der Waals surface area contributed by atoms with Crippen molar-refractivity contribution in [2.24, 2.45) is 0 Å². The third-order valence-corrected chi connectivity index (χ3v) is 3.29. The maximum Gasteiger partial charge on any atom is 0.322 e. The Labute approximate surface area is 126 Å². The number of benzene rings is 2. The van der Waals surface area contributed by atoms with Gasteiger partial charge in [0.05, 0.1) is 0 Å². The number of rotatable bonds is 3. The highest BCUT2D eigenvalue weighted by Gasteiger charge is 2.30. The lowest BCUT2D eigenvalue weighted by Gasteiger charge is -2.10. The summed E-state index contributed by atoms with van der Waals surface area (Å²) in [6.45, 7) is 0. The van der Waals surface area contributed by atoms with E-state index in [0.29, 0.717) is 16.8 Å². The summed E-state index contributed by atoms with van der Waals surface area (Å²) in [5, 5.41) is 7.46. The van der Waals surface area contributed by atoms with E-state index in [4.69, 9.17) is 0 Å². The van der Waals surface area contributed by atoms with Crippen LogP contribution in [0.4, 0.5) is 10.5 Å². The molecule has 3 N–H and O–H groups in total. The van der Waals surface area contributed by atoms with Crippen molar-refractivity contribution < 1.29 is 14.4 Å². The summed E-state index contributed by atoms with van der Waals surface area (Å²) in [5.74, 6) is -0.644. The van der Waals surface area contributed by atoms with Gasteiger partial charge in [-0.25, -0.2) is 4.79 Å². The van der Waals surface area contributed by atoms with Crippen molar-refractivity contribution in [3.05, 3.63) is 65.7 Å². The molecule has 22 heavy (non-hydrogen) atoms. The number of nitrogens with one attached hydrogen (secondary N) is 3. The second kappa shape index (κ2) is 5.69. The molecule has 1 saturated heterocycles. The summed E-state index contributed by atoms with van der Waals surface area (Å²) in [6.07, 6.45) is 0. The smallest absolute Gasteiger partial charge is 0.322 e. The summed E-state index contributed by atoms with van der Waals surface area (Å²) in [5.41, 5.74) is 1.70. The molecule has 4 amide bonds. The quantitative estimate of drug-likeness (QED) is 0.755. The molecule has 0 aromatic heterocycles. The maximum atomic E-state index is 12.1. The van der Waals surface area contributed by atoms with Crippen LogP contribution in [0.1, 0.15) is 22.0 Å². The van der Waals surface area contributed by atoms with Gasteiger partial charge in [-0.05, 0) is 29.8 Å².